The number of aliphatic hydroxyl groups is 1. The molecule has 198 valence electrons. The van der Waals surface area contributed by atoms with Crippen LogP contribution in [-0.4, -0.2) is 78.7 Å². The van der Waals surface area contributed by atoms with Crippen LogP contribution in [0.15, 0.2) is 54.1 Å². The monoisotopic (exact) mass is 508 g/mol. The Balaban J connectivity index is 1.68. The standard InChI is InChI=1S/C29H36N2O6/c1-4-17-36-23-9-7-22(8-10-23)27(32)25-26(21-5-11-24(12-6-21)37-20(2)3)31(29(34)28(25)33)14-13-30-15-18-35-19-16-30/h5-12,20,26,32H,4,13-19H2,1-3H3/t26-/m0/s1. The maximum absolute atomic E-state index is 13.3. The highest BCUT2D eigenvalue weighted by Crippen LogP contribution is 2.40. The number of aliphatic hydroxyl groups excluding tert-OH is 1. The normalized spacial score (nSPS) is 20.0. The van der Waals surface area contributed by atoms with Gasteiger partial charge in [-0.3, -0.25) is 14.5 Å². The Bertz CT molecular complexity index is 1100. The van der Waals surface area contributed by atoms with Crippen molar-refractivity contribution >= 4 is 17.4 Å². The molecule has 2 aromatic carbocycles. The molecule has 0 unspecified atom stereocenters. The van der Waals surface area contributed by atoms with Crippen LogP contribution in [0.4, 0.5) is 0 Å². The third-order valence-corrected chi connectivity index (χ3v) is 6.47. The second kappa shape index (κ2) is 12.3. The first-order valence-corrected chi connectivity index (χ1v) is 13.0. The highest BCUT2D eigenvalue weighted by atomic mass is 16.5. The quantitative estimate of drug-likeness (QED) is 0.295. The molecule has 0 saturated carbocycles. The first-order chi connectivity index (χ1) is 17.9. The Hall–Kier alpha value is -3.36. The Morgan fingerprint density at radius 2 is 1.65 bits per heavy atom. The summed E-state index contributed by atoms with van der Waals surface area (Å²) in [5.41, 5.74) is 1.29. The average molecular weight is 509 g/mol. The SMILES string of the molecule is CCCOc1ccc(C(O)=C2C(=O)C(=O)N(CCN3CCOCC3)[C@H]2c2ccc(OC(C)C)cc2)cc1. The lowest BCUT2D eigenvalue weighted by molar-refractivity contribution is -0.140. The number of rotatable bonds is 10. The summed E-state index contributed by atoms with van der Waals surface area (Å²) in [5, 5.41) is 11.3. The lowest BCUT2D eigenvalue weighted by Gasteiger charge is -2.31. The second-order valence-corrected chi connectivity index (χ2v) is 9.55. The average Bonchev–Trinajstić information content (AvgIpc) is 3.16. The predicted octanol–water partition coefficient (Wildman–Crippen LogP) is 4.02. The van der Waals surface area contributed by atoms with Crippen LogP contribution in [0.2, 0.25) is 0 Å². The summed E-state index contributed by atoms with van der Waals surface area (Å²) in [5.74, 6) is -0.0985. The van der Waals surface area contributed by atoms with E-state index < -0.39 is 17.7 Å². The minimum atomic E-state index is -0.704. The van der Waals surface area contributed by atoms with E-state index in [4.69, 9.17) is 14.2 Å². The molecule has 1 amide bonds. The van der Waals surface area contributed by atoms with Crippen LogP contribution in [0.25, 0.3) is 5.76 Å². The molecule has 1 atom stereocenters. The summed E-state index contributed by atoms with van der Waals surface area (Å²) in [6.45, 7) is 10.4. The van der Waals surface area contributed by atoms with Gasteiger partial charge in [0.1, 0.15) is 17.3 Å². The van der Waals surface area contributed by atoms with Crippen molar-refractivity contribution in [2.75, 3.05) is 46.0 Å². The van der Waals surface area contributed by atoms with Crippen LogP contribution < -0.4 is 9.47 Å². The van der Waals surface area contributed by atoms with E-state index >= 15 is 0 Å². The number of morpholine rings is 1. The zero-order valence-electron chi connectivity index (χ0n) is 21.8. The summed E-state index contributed by atoms with van der Waals surface area (Å²) < 4.78 is 16.8. The maximum atomic E-state index is 13.3. The van der Waals surface area contributed by atoms with E-state index in [1.807, 2.05) is 45.0 Å². The van der Waals surface area contributed by atoms with Crippen LogP contribution in [0.1, 0.15) is 44.4 Å². The van der Waals surface area contributed by atoms with Gasteiger partial charge in [0.25, 0.3) is 11.7 Å². The molecule has 2 heterocycles. The molecule has 8 heteroatoms. The lowest BCUT2D eigenvalue weighted by atomic mass is 9.95. The molecule has 2 aliphatic rings. The van der Waals surface area contributed by atoms with Crippen molar-refractivity contribution in [2.45, 2.75) is 39.3 Å². The van der Waals surface area contributed by atoms with E-state index in [0.29, 0.717) is 50.0 Å². The number of nitrogens with zero attached hydrogens (tertiary/aromatic N) is 2. The van der Waals surface area contributed by atoms with Gasteiger partial charge in [-0.2, -0.15) is 0 Å². The molecule has 2 saturated heterocycles. The van der Waals surface area contributed by atoms with E-state index in [-0.39, 0.29) is 17.4 Å². The number of Topliss-reactive ketones (excluding diaryl/α,β-unsaturated/α-hetero) is 1. The van der Waals surface area contributed by atoms with Gasteiger partial charge in [-0.15, -0.1) is 0 Å². The van der Waals surface area contributed by atoms with Crippen molar-refractivity contribution in [3.8, 4) is 11.5 Å². The van der Waals surface area contributed by atoms with E-state index in [2.05, 4.69) is 4.90 Å². The molecule has 4 rings (SSSR count). The number of benzene rings is 2. The number of likely N-dealkylation sites (tertiary alicyclic amines) is 1. The van der Waals surface area contributed by atoms with Crippen LogP contribution in [0.3, 0.4) is 0 Å². The van der Waals surface area contributed by atoms with Crippen molar-refractivity contribution in [3.05, 3.63) is 65.2 Å². The topological polar surface area (TPSA) is 88.5 Å². The van der Waals surface area contributed by atoms with Crippen molar-refractivity contribution in [2.24, 2.45) is 0 Å². The fourth-order valence-corrected chi connectivity index (χ4v) is 4.62. The number of hydrogen-bond donors (Lipinski definition) is 1. The third-order valence-electron chi connectivity index (χ3n) is 6.47. The number of amides is 1. The molecule has 0 aliphatic carbocycles. The van der Waals surface area contributed by atoms with Gasteiger partial charge in [0.05, 0.1) is 37.5 Å². The third kappa shape index (κ3) is 6.32. The molecule has 0 radical (unpaired) electrons. The summed E-state index contributed by atoms with van der Waals surface area (Å²) >= 11 is 0. The summed E-state index contributed by atoms with van der Waals surface area (Å²) in [4.78, 5) is 30.3. The van der Waals surface area contributed by atoms with Gasteiger partial charge in [-0.05, 0) is 62.2 Å². The maximum Gasteiger partial charge on any atom is 0.295 e. The zero-order valence-corrected chi connectivity index (χ0v) is 21.8. The number of carbonyl (C=O) groups excluding carboxylic acids is 2. The van der Waals surface area contributed by atoms with Crippen LogP contribution in [0.5, 0.6) is 11.5 Å². The van der Waals surface area contributed by atoms with Crippen molar-refractivity contribution < 1.29 is 28.9 Å². The Morgan fingerprint density at radius 1 is 1.00 bits per heavy atom. The van der Waals surface area contributed by atoms with Crippen LogP contribution in [0, 0.1) is 0 Å². The predicted molar refractivity (Wildman–Crippen MR) is 141 cm³/mol. The van der Waals surface area contributed by atoms with E-state index in [9.17, 15) is 14.7 Å². The second-order valence-electron chi connectivity index (χ2n) is 9.55. The summed E-state index contributed by atoms with van der Waals surface area (Å²) in [6.07, 6.45) is 0.908. The van der Waals surface area contributed by atoms with Crippen LogP contribution >= 0.6 is 0 Å². The van der Waals surface area contributed by atoms with Gasteiger partial charge in [0.2, 0.25) is 0 Å². The van der Waals surface area contributed by atoms with Gasteiger partial charge < -0.3 is 24.2 Å². The molecule has 1 N–H and O–H groups in total. The summed E-state index contributed by atoms with van der Waals surface area (Å²) in [6, 6.07) is 13.6. The van der Waals surface area contributed by atoms with E-state index in [0.717, 1.165) is 25.1 Å². The molecule has 2 aromatic rings. The first kappa shape index (κ1) is 26.7. The van der Waals surface area contributed by atoms with Gasteiger partial charge in [0, 0.05) is 31.7 Å². The summed E-state index contributed by atoms with van der Waals surface area (Å²) in [7, 11) is 0. The smallest absolute Gasteiger partial charge is 0.295 e. The molecule has 0 spiro atoms. The van der Waals surface area contributed by atoms with Gasteiger partial charge in [-0.25, -0.2) is 0 Å². The molecule has 0 aromatic heterocycles. The Morgan fingerprint density at radius 3 is 2.27 bits per heavy atom. The molecular formula is C29H36N2O6. The molecule has 37 heavy (non-hydrogen) atoms. The Kier molecular flexibility index (Phi) is 8.84. The molecule has 8 nitrogen and oxygen atoms in total. The number of ether oxygens (including phenoxy) is 3. The minimum Gasteiger partial charge on any atom is -0.507 e. The molecule has 2 aliphatic heterocycles. The van der Waals surface area contributed by atoms with Gasteiger partial charge >= 0.3 is 0 Å². The molecular weight excluding hydrogens is 472 g/mol. The number of ketones is 1. The van der Waals surface area contributed by atoms with Crippen molar-refractivity contribution in [3.63, 3.8) is 0 Å². The van der Waals surface area contributed by atoms with Crippen molar-refractivity contribution in [1.29, 1.82) is 0 Å². The van der Waals surface area contributed by atoms with Crippen LogP contribution in [-0.2, 0) is 14.3 Å². The number of carbonyl (C=O) groups is 2. The molecule has 0 bridgehead atoms. The largest absolute Gasteiger partial charge is 0.507 e. The van der Waals surface area contributed by atoms with E-state index in [1.165, 1.54) is 0 Å². The zero-order chi connectivity index (χ0) is 26.4. The van der Waals surface area contributed by atoms with Gasteiger partial charge in [0.15, 0.2) is 0 Å². The minimum absolute atomic E-state index is 0.0225. The fourth-order valence-electron chi connectivity index (χ4n) is 4.62. The van der Waals surface area contributed by atoms with Gasteiger partial charge in [-0.1, -0.05) is 19.1 Å². The molecule has 2 fully saturated rings. The first-order valence-electron chi connectivity index (χ1n) is 13.0. The Labute approximate surface area is 218 Å². The highest BCUT2D eigenvalue weighted by Gasteiger charge is 2.46. The highest BCUT2D eigenvalue weighted by molar-refractivity contribution is 6.46. The lowest BCUT2D eigenvalue weighted by Crippen LogP contribution is -2.42. The van der Waals surface area contributed by atoms with Crippen molar-refractivity contribution in [1.82, 2.24) is 9.80 Å². The fraction of sp³-hybridized carbons (Fsp3) is 0.448. The van der Waals surface area contributed by atoms with E-state index in [1.54, 1.807) is 29.2 Å². The number of hydrogen-bond acceptors (Lipinski definition) is 7.